The molecular weight excluding hydrogens is 246 g/mol. The van der Waals surface area contributed by atoms with Gasteiger partial charge in [-0.25, -0.2) is 4.79 Å². The smallest absolute Gasteiger partial charge is 0.339 e. The molecule has 0 amide bonds. The van der Waals surface area contributed by atoms with Gasteiger partial charge < -0.3 is 9.67 Å². The fourth-order valence-electron chi connectivity index (χ4n) is 2.76. The summed E-state index contributed by atoms with van der Waals surface area (Å²) in [5, 5.41) is 10.4. The third-order valence-electron chi connectivity index (χ3n) is 3.59. The molecule has 0 aromatic carbocycles. The highest BCUT2D eigenvalue weighted by molar-refractivity contribution is 7.15. The maximum absolute atomic E-state index is 11.6. The van der Waals surface area contributed by atoms with Crippen LogP contribution in [0.1, 0.15) is 46.5 Å². The lowest BCUT2D eigenvalue weighted by Crippen LogP contribution is -2.10. The first-order valence-corrected chi connectivity index (χ1v) is 7.02. The quantitative estimate of drug-likeness (QED) is 0.896. The predicted octanol–water partition coefficient (Wildman–Crippen LogP) is 3.68. The van der Waals surface area contributed by atoms with Crippen molar-refractivity contribution in [2.24, 2.45) is 0 Å². The number of rotatable bonds is 2. The number of hydrogen-bond donors (Lipinski definition) is 1. The minimum absolute atomic E-state index is 0.361. The average Bonchev–Trinajstić information content (AvgIpc) is 2.95. The SMILES string of the molecule is C[C@@H]1CCCc2sc(-n3cccc3)c(C(=O)O)c21. The van der Waals surface area contributed by atoms with E-state index in [-0.39, 0.29) is 0 Å². The third-order valence-corrected chi connectivity index (χ3v) is 4.87. The first-order valence-electron chi connectivity index (χ1n) is 6.20. The van der Waals surface area contributed by atoms with Crippen LogP contribution in [0.5, 0.6) is 0 Å². The molecule has 1 aliphatic carbocycles. The highest BCUT2D eigenvalue weighted by Gasteiger charge is 2.29. The van der Waals surface area contributed by atoms with E-state index in [2.05, 4.69) is 6.92 Å². The van der Waals surface area contributed by atoms with Crippen molar-refractivity contribution in [1.82, 2.24) is 4.57 Å². The molecule has 94 valence electrons. The minimum atomic E-state index is -0.801. The van der Waals surface area contributed by atoms with Gasteiger partial charge in [-0.2, -0.15) is 0 Å². The third kappa shape index (κ3) is 1.68. The van der Waals surface area contributed by atoms with Crippen molar-refractivity contribution < 1.29 is 9.90 Å². The van der Waals surface area contributed by atoms with Gasteiger partial charge in [0.15, 0.2) is 0 Å². The Hall–Kier alpha value is -1.55. The first-order chi connectivity index (χ1) is 8.68. The summed E-state index contributed by atoms with van der Waals surface area (Å²) in [4.78, 5) is 12.8. The number of carbonyl (C=O) groups is 1. The van der Waals surface area contributed by atoms with Crippen molar-refractivity contribution in [2.45, 2.75) is 32.1 Å². The summed E-state index contributed by atoms with van der Waals surface area (Å²) in [6.45, 7) is 2.14. The van der Waals surface area contributed by atoms with Crippen LogP contribution in [-0.2, 0) is 6.42 Å². The Morgan fingerprint density at radius 3 is 2.83 bits per heavy atom. The molecule has 1 atom stereocenters. The number of hydrogen-bond acceptors (Lipinski definition) is 2. The van der Waals surface area contributed by atoms with Crippen LogP contribution < -0.4 is 0 Å². The molecular formula is C14H15NO2S. The van der Waals surface area contributed by atoms with Gasteiger partial charge in [0.05, 0.1) is 5.56 Å². The van der Waals surface area contributed by atoms with E-state index in [1.54, 1.807) is 11.3 Å². The van der Waals surface area contributed by atoms with Crippen molar-refractivity contribution in [3.05, 3.63) is 40.5 Å². The van der Waals surface area contributed by atoms with Gasteiger partial charge in [-0.1, -0.05) is 6.92 Å². The van der Waals surface area contributed by atoms with E-state index in [1.807, 2.05) is 29.1 Å². The van der Waals surface area contributed by atoms with E-state index in [4.69, 9.17) is 0 Å². The standard InChI is InChI=1S/C14H15NO2S/c1-9-5-4-6-10-11(9)12(14(16)17)13(18-10)15-7-2-3-8-15/h2-3,7-9H,4-6H2,1H3,(H,16,17)/t9-/m1/s1. The van der Waals surface area contributed by atoms with Crippen LogP contribution in [0.3, 0.4) is 0 Å². The summed E-state index contributed by atoms with van der Waals surface area (Å²) in [5.41, 5.74) is 1.58. The van der Waals surface area contributed by atoms with E-state index in [0.29, 0.717) is 11.5 Å². The summed E-state index contributed by atoms with van der Waals surface area (Å²) < 4.78 is 1.92. The molecule has 3 rings (SSSR count). The molecule has 0 radical (unpaired) electrons. The molecule has 3 nitrogen and oxygen atoms in total. The zero-order chi connectivity index (χ0) is 12.7. The highest BCUT2D eigenvalue weighted by Crippen LogP contribution is 2.42. The van der Waals surface area contributed by atoms with Gasteiger partial charge in [0.2, 0.25) is 0 Å². The van der Waals surface area contributed by atoms with Gasteiger partial charge in [0, 0.05) is 17.3 Å². The molecule has 0 unspecified atom stereocenters. The first kappa shape index (κ1) is 11.5. The number of fused-ring (bicyclic) bond motifs is 1. The minimum Gasteiger partial charge on any atom is -0.478 e. The van der Waals surface area contributed by atoms with E-state index >= 15 is 0 Å². The summed E-state index contributed by atoms with van der Waals surface area (Å²) in [5.74, 6) is -0.439. The van der Waals surface area contributed by atoms with Crippen molar-refractivity contribution in [3.8, 4) is 5.00 Å². The molecule has 2 heterocycles. The van der Waals surface area contributed by atoms with Gasteiger partial charge in [-0.05, 0) is 42.9 Å². The van der Waals surface area contributed by atoms with Crippen molar-refractivity contribution in [1.29, 1.82) is 0 Å². The van der Waals surface area contributed by atoms with Gasteiger partial charge in [0.25, 0.3) is 0 Å². The fraction of sp³-hybridized carbons (Fsp3) is 0.357. The predicted molar refractivity (Wildman–Crippen MR) is 72.0 cm³/mol. The molecule has 2 aromatic rings. The Bertz CT molecular complexity index is 583. The molecule has 0 saturated heterocycles. The Morgan fingerprint density at radius 2 is 2.17 bits per heavy atom. The summed E-state index contributed by atoms with van der Waals surface area (Å²) >= 11 is 1.63. The lowest BCUT2D eigenvalue weighted by atomic mass is 9.86. The lowest BCUT2D eigenvalue weighted by molar-refractivity contribution is 0.0695. The maximum Gasteiger partial charge on any atom is 0.339 e. The van der Waals surface area contributed by atoms with E-state index in [9.17, 15) is 9.90 Å². The van der Waals surface area contributed by atoms with Gasteiger partial charge in [-0.15, -0.1) is 11.3 Å². The Morgan fingerprint density at radius 1 is 1.44 bits per heavy atom. The molecule has 4 heteroatoms. The molecule has 0 aliphatic heterocycles. The largest absolute Gasteiger partial charge is 0.478 e. The summed E-state index contributed by atoms with van der Waals surface area (Å²) in [7, 11) is 0. The second-order valence-corrected chi connectivity index (χ2v) is 5.89. The number of carboxylic acids is 1. The van der Waals surface area contributed by atoms with E-state index in [1.165, 1.54) is 11.3 Å². The normalized spacial score (nSPS) is 18.6. The fourth-order valence-corrected chi connectivity index (χ4v) is 4.18. The average molecular weight is 261 g/mol. The van der Waals surface area contributed by atoms with Crippen LogP contribution in [0, 0.1) is 0 Å². The number of aryl methyl sites for hydroxylation is 1. The Balaban J connectivity index is 2.24. The molecule has 1 aliphatic rings. The number of thiophene rings is 1. The van der Waals surface area contributed by atoms with Crippen LogP contribution >= 0.6 is 11.3 Å². The van der Waals surface area contributed by atoms with Crippen molar-refractivity contribution in [3.63, 3.8) is 0 Å². The molecule has 18 heavy (non-hydrogen) atoms. The summed E-state index contributed by atoms with van der Waals surface area (Å²) in [6.07, 6.45) is 7.10. The van der Waals surface area contributed by atoms with Crippen molar-refractivity contribution >= 4 is 17.3 Å². The Labute approximate surface area is 110 Å². The van der Waals surface area contributed by atoms with Crippen LogP contribution in [0.4, 0.5) is 0 Å². The van der Waals surface area contributed by atoms with Gasteiger partial charge in [0.1, 0.15) is 5.00 Å². The number of nitrogens with zero attached hydrogens (tertiary/aromatic N) is 1. The monoisotopic (exact) mass is 261 g/mol. The topological polar surface area (TPSA) is 42.2 Å². The molecule has 0 saturated carbocycles. The molecule has 0 fully saturated rings. The number of aromatic nitrogens is 1. The van der Waals surface area contributed by atoms with Crippen LogP contribution in [0.25, 0.3) is 5.00 Å². The van der Waals surface area contributed by atoms with Crippen LogP contribution in [0.15, 0.2) is 24.5 Å². The van der Waals surface area contributed by atoms with Crippen LogP contribution in [0.2, 0.25) is 0 Å². The highest BCUT2D eigenvalue weighted by atomic mass is 32.1. The van der Waals surface area contributed by atoms with Gasteiger partial charge in [-0.3, -0.25) is 0 Å². The maximum atomic E-state index is 11.6. The van der Waals surface area contributed by atoms with Gasteiger partial charge >= 0.3 is 5.97 Å². The summed E-state index contributed by atoms with van der Waals surface area (Å²) in [6, 6.07) is 3.85. The second kappa shape index (κ2) is 4.28. The lowest BCUT2D eigenvalue weighted by Gasteiger charge is -2.19. The Kier molecular flexibility index (Phi) is 2.74. The molecule has 0 bridgehead atoms. The number of aromatic carboxylic acids is 1. The zero-order valence-electron chi connectivity index (χ0n) is 10.2. The number of carboxylic acid groups (broad SMARTS) is 1. The molecule has 1 N–H and O–H groups in total. The van der Waals surface area contributed by atoms with Crippen molar-refractivity contribution in [2.75, 3.05) is 0 Å². The second-order valence-electron chi connectivity index (χ2n) is 4.81. The van der Waals surface area contributed by atoms with E-state index < -0.39 is 5.97 Å². The zero-order valence-corrected chi connectivity index (χ0v) is 11.0. The van der Waals surface area contributed by atoms with E-state index in [0.717, 1.165) is 23.4 Å². The molecule has 2 aromatic heterocycles. The molecule has 0 spiro atoms. The van der Waals surface area contributed by atoms with Crippen LogP contribution in [-0.4, -0.2) is 15.6 Å².